The lowest BCUT2D eigenvalue weighted by atomic mass is 9.70. The molecule has 0 radical (unpaired) electrons. The van der Waals surface area contributed by atoms with Gasteiger partial charge in [-0.25, -0.2) is 0 Å². The Hall–Kier alpha value is -0.530. The number of hydrogen-bond donors (Lipinski definition) is 0. The van der Waals surface area contributed by atoms with E-state index in [9.17, 15) is 4.79 Å². The highest BCUT2D eigenvalue weighted by Crippen LogP contribution is 2.66. The second-order valence-electron chi connectivity index (χ2n) is 6.69. The molecule has 0 heterocycles. The van der Waals surface area contributed by atoms with Crippen molar-refractivity contribution in [2.45, 2.75) is 60.0 Å². The summed E-state index contributed by atoms with van der Waals surface area (Å²) in [7, 11) is 0. The molecule has 3 atom stereocenters. The number of carbonyl (C=O) groups excluding carboxylic acids is 1. The molecule has 2 bridgehead atoms. The number of ether oxygens (including phenoxy) is 1. The topological polar surface area (TPSA) is 26.3 Å². The van der Waals surface area contributed by atoms with Crippen molar-refractivity contribution in [2.24, 2.45) is 22.7 Å². The van der Waals surface area contributed by atoms with Crippen LogP contribution in [0.4, 0.5) is 0 Å². The third-order valence-electron chi connectivity index (χ3n) is 5.44. The maximum atomic E-state index is 11.7. The van der Waals surface area contributed by atoms with Gasteiger partial charge >= 0.3 is 5.97 Å². The van der Waals surface area contributed by atoms with Gasteiger partial charge in [0.15, 0.2) is 0 Å². The van der Waals surface area contributed by atoms with Crippen LogP contribution in [-0.2, 0) is 9.53 Å². The molecule has 0 unspecified atom stereocenters. The van der Waals surface area contributed by atoms with E-state index in [1.54, 1.807) is 0 Å². The molecular weight excluding hydrogens is 200 g/mol. The van der Waals surface area contributed by atoms with Gasteiger partial charge in [0.25, 0.3) is 0 Å². The molecule has 2 aliphatic rings. The monoisotopic (exact) mass is 224 g/mol. The van der Waals surface area contributed by atoms with E-state index in [0.29, 0.717) is 5.41 Å². The fraction of sp³-hybridized carbons (Fsp3) is 0.929. The first-order valence-corrected chi connectivity index (χ1v) is 6.49. The first kappa shape index (κ1) is 11.9. The van der Waals surface area contributed by atoms with E-state index < -0.39 is 0 Å². The molecule has 0 saturated heterocycles. The van der Waals surface area contributed by atoms with Crippen molar-refractivity contribution in [3.63, 3.8) is 0 Å². The lowest BCUT2D eigenvalue weighted by molar-refractivity contribution is -0.160. The number of esters is 1. The summed E-state index contributed by atoms with van der Waals surface area (Å²) >= 11 is 0. The molecule has 2 heteroatoms. The molecule has 0 aliphatic heterocycles. The summed E-state index contributed by atoms with van der Waals surface area (Å²) in [5.74, 6) is 0.697. The molecule has 2 fully saturated rings. The Labute approximate surface area is 98.7 Å². The van der Waals surface area contributed by atoms with Crippen LogP contribution < -0.4 is 0 Å². The Balaban J connectivity index is 2.13. The normalized spacial score (nSPS) is 40.4. The molecule has 0 N–H and O–H groups in total. The number of rotatable bonds is 2. The molecule has 0 aromatic rings. The second kappa shape index (κ2) is 3.48. The van der Waals surface area contributed by atoms with Crippen molar-refractivity contribution in [3.05, 3.63) is 0 Å². The van der Waals surface area contributed by atoms with E-state index in [1.165, 1.54) is 12.8 Å². The standard InChI is InChI=1S/C14H24O2/c1-9(2)12(15)16-11-8-10-6-7-14(11,5)13(10,3)4/h9-11H,6-8H2,1-5H3/t10-,11-,14-/m1/s1. The van der Waals surface area contributed by atoms with Crippen molar-refractivity contribution in [2.75, 3.05) is 0 Å². The lowest BCUT2D eigenvalue weighted by Crippen LogP contribution is -2.39. The lowest BCUT2D eigenvalue weighted by Gasteiger charge is -2.38. The second-order valence-corrected chi connectivity index (χ2v) is 6.69. The van der Waals surface area contributed by atoms with Gasteiger partial charge in [-0.1, -0.05) is 34.6 Å². The Bertz CT molecular complexity index is 306. The van der Waals surface area contributed by atoms with Crippen LogP contribution in [0.3, 0.4) is 0 Å². The fourth-order valence-electron chi connectivity index (χ4n) is 3.58. The van der Waals surface area contributed by atoms with Crippen LogP contribution in [0.15, 0.2) is 0 Å². The zero-order valence-electron chi connectivity index (χ0n) is 11.2. The summed E-state index contributed by atoms with van der Waals surface area (Å²) in [6.07, 6.45) is 3.73. The summed E-state index contributed by atoms with van der Waals surface area (Å²) in [5.41, 5.74) is 0.525. The average molecular weight is 224 g/mol. The van der Waals surface area contributed by atoms with Gasteiger partial charge < -0.3 is 4.74 Å². The summed E-state index contributed by atoms with van der Waals surface area (Å²) in [6.45, 7) is 10.8. The van der Waals surface area contributed by atoms with Crippen LogP contribution in [0.1, 0.15) is 53.9 Å². The molecule has 16 heavy (non-hydrogen) atoms. The number of fused-ring (bicyclic) bond motifs is 2. The third-order valence-corrected chi connectivity index (χ3v) is 5.44. The smallest absolute Gasteiger partial charge is 0.308 e. The van der Waals surface area contributed by atoms with Crippen LogP contribution in [0.5, 0.6) is 0 Å². The van der Waals surface area contributed by atoms with E-state index in [0.717, 1.165) is 12.3 Å². The molecule has 0 aromatic heterocycles. The maximum absolute atomic E-state index is 11.7. The van der Waals surface area contributed by atoms with Gasteiger partial charge in [0.05, 0.1) is 5.92 Å². The van der Waals surface area contributed by atoms with Crippen LogP contribution in [0.25, 0.3) is 0 Å². The zero-order valence-corrected chi connectivity index (χ0v) is 11.2. The molecule has 2 rings (SSSR count). The minimum atomic E-state index is -0.0328. The molecule has 0 aromatic carbocycles. The van der Waals surface area contributed by atoms with Gasteiger partial charge in [-0.15, -0.1) is 0 Å². The van der Waals surface area contributed by atoms with E-state index in [1.807, 2.05) is 13.8 Å². The van der Waals surface area contributed by atoms with Crippen molar-refractivity contribution in [3.8, 4) is 0 Å². The van der Waals surface area contributed by atoms with E-state index in [4.69, 9.17) is 4.74 Å². The van der Waals surface area contributed by atoms with Gasteiger partial charge in [0.2, 0.25) is 0 Å². The van der Waals surface area contributed by atoms with Crippen molar-refractivity contribution in [1.82, 2.24) is 0 Å². The molecule has 0 amide bonds. The highest BCUT2D eigenvalue weighted by Gasteiger charge is 2.62. The average Bonchev–Trinajstić information content (AvgIpc) is 2.50. The maximum Gasteiger partial charge on any atom is 0.308 e. The van der Waals surface area contributed by atoms with Gasteiger partial charge in [-0.05, 0) is 30.6 Å². The van der Waals surface area contributed by atoms with Crippen molar-refractivity contribution in [1.29, 1.82) is 0 Å². The van der Waals surface area contributed by atoms with Gasteiger partial charge in [0.1, 0.15) is 6.10 Å². The molecule has 2 nitrogen and oxygen atoms in total. The van der Waals surface area contributed by atoms with Crippen molar-refractivity contribution >= 4 is 5.97 Å². The van der Waals surface area contributed by atoms with Crippen LogP contribution >= 0.6 is 0 Å². The molecule has 2 saturated carbocycles. The number of hydrogen-bond acceptors (Lipinski definition) is 2. The summed E-state index contributed by atoms with van der Waals surface area (Å²) in [4.78, 5) is 11.7. The Morgan fingerprint density at radius 1 is 1.31 bits per heavy atom. The predicted molar refractivity (Wildman–Crippen MR) is 63.9 cm³/mol. The van der Waals surface area contributed by atoms with Gasteiger partial charge in [-0.2, -0.15) is 0 Å². The minimum Gasteiger partial charge on any atom is -0.462 e. The molecular formula is C14H24O2. The largest absolute Gasteiger partial charge is 0.462 e. The number of carbonyl (C=O) groups is 1. The van der Waals surface area contributed by atoms with Crippen LogP contribution in [-0.4, -0.2) is 12.1 Å². The summed E-state index contributed by atoms with van der Waals surface area (Å²) in [6, 6.07) is 0. The SMILES string of the molecule is CC(C)C(=O)O[C@@H]1C[C@H]2CC[C@@]1(C)C2(C)C. The van der Waals surface area contributed by atoms with Crippen molar-refractivity contribution < 1.29 is 9.53 Å². The first-order chi connectivity index (χ1) is 7.29. The summed E-state index contributed by atoms with van der Waals surface area (Å²) < 4.78 is 5.71. The highest BCUT2D eigenvalue weighted by atomic mass is 16.5. The Morgan fingerprint density at radius 2 is 1.94 bits per heavy atom. The van der Waals surface area contributed by atoms with E-state index in [2.05, 4.69) is 20.8 Å². The summed E-state index contributed by atoms with van der Waals surface area (Å²) in [5, 5.41) is 0. The zero-order chi connectivity index (χ0) is 12.1. The predicted octanol–water partition coefficient (Wildman–Crippen LogP) is 3.40. The third kappa shape index (κ3) is 1.42. The van der Waals surface area contributed by atoms with Gasteiger partial charge in [0, 0.05) is 5.41 Å². The first-order valence-electron chi connectivity index (χ1n) is 6.49. The van der Waals surface area contributed by atoms with E-state index in [-0.39, 0.29) is 23.4 Å². The minimum absolute atomic E-state index is 0.00848. The molecule has 0 spiro atoms. The van der Waals surface area contributed by atoms with Gasteiger partial charge in [-0.3, -0.25) is 4.79 Å². The van der Waals surface area contributed by atoms with E-state index >= 15 is 0 Å². The highest BCUT2D eigenvalue weighted by molar-refractivity contribution is 5.71. The fourth-order valence-corrected chi connectivity index (χ4v) is 3.58. The molecule has 2 aliphatic carbocycles. The quantitative estimate of drug-likeness (QED) is 0.672. The van der Waals surface area contributed by atoms with Crippen LogP contribution in [0.2, 0.25) is 0 Å². The Morgan fingerprint density at radius 3 is 2.31 bits per heavy atom. The molecule has 92 valence electrons. The Kier molecular flexibility index (Phi) is 2.60. The van der Waals surface area contributed by atoms with Crippen LogP contribution in [0, 0.1) is 22.7 Å².